The first kappa shape index (κ1) is 18.9. The largest absolute Gasteiger partial charge is 0.352 e. The molecule has 0 amide bonds. The lowest BCUT2D eigenvalue weighted by Crippen LogP contribution is -2.23. The third kappa shape index (κ3) is 4.85. The molecule has 0 fully saturated rings. The topological polar surface area (TPSA) is 41.1 Å². The minimum Gasteiger partial charge on any atom is -0.352 e. The van der Waals surface area contributed by atoms with E-state index in [0.29, 0.717) is 11.9 Å². The number of aromatic nitrogens is 2. The Morgan fingerprint density at radius 1 is 0.963 bits per heavy atom. The SMILES string of the molecule is CCN(Cc1ccccc1)c1cc(C)nc(Nc2ccccc2C(C)C)n1. The molecule has 27 heavy (non-hydrogen) atoms. The highest BCUT2D eigenvalue weighted by atomic mass is 15.2. The number of aryl methyl sites for hydroxylation is 1. The van der Waals surface area contributed by atoms with Crippen LogP contribution in [0.2, 0.25) is 0 Å². The summed E-state index contributed by atoms with van der Waals surface area (Å²) < 4.78 is 0. The molecule has 1 aromatic heterocycles. The van der Waals surface area contributed by atoms with E-state index in [1.54, 1.807) is 0 Å². The van der Waals surface area contributed by atoms with Gasteiger partial charge in [0.05, 0.1) is 0 Å². The molecule has 0 saturated carbocycles. The number of para-hydroxylation sites is 1. The Bertz CT molecular complexity index is 875. The molecule has 2 aromatic carbocycles. The van der Waals surface area contributed by atoms with Crippen LogP contribution in [0.25, 0.3) is 0 Å². The summed E-state index contributed by atoms with van der Waals surface area (Å²) >= 11 is 0. The van der Waals surface area contributed by atoms with E-state index in [9.17, 15) is 0 Å². The molecule has 0 aliphatic heterocycles. The molecular formula is C23H28N4. The van der Waals surface area contributed by atoms with Gasteiger partial charge in [0, 0.05) is 30.5 Å². The second kappa shape index (κ2) is 8.67. The molecule has 0 radical (unpaired) electrons. The van der Waals surface area contributed by atoms with Gasteiger partial charge >= 0.3 is 0 Å². The molecular weight excluding hydrogens is 332 g/mol. The van der Waals surface area contributed by atoms with E-state index in [-0.39, 0.29) is 0 Å². The molecule has 3 rings (SSSR count). The first-order valence-electron chi connectivity index (χ1n) is 9.57. The molecule has 1 heterocycles. The van der Waals surface area contributed by atoms with Crippen molar-refractivity contribution in [3.8, 4) is 0 Å². The Hall–Kier alpha value is -2.88. The fraction of sp³-hybridized carbons (Fsp3) is 0.304. The van der Waals surface area contributed by atoms with Gasteiger partial charge in [-0.15, -0.1) is 0 Å². The average Bonchev–Trinajstić information content (AvgIpc) is 2.66. The molecule has 0 aliphatic rings. The molecule has 1 N–H and O–H groups in total. The molecule has 4 nitrogen and oxygen atoms in total. The van der Waals surface area contributed by atoms with Crippen molar-refractivity contribution in [2.75, 3.05) is 16.8 Å². The van der Waals surface area contributed by atoms with Crippen molar-refractivity contribution in [1.29, 1.82) is 0 Å². The highest BCUT2D eigenvalue weighted by Crippen LogP contribution is 2.27. The number of rotatable bonds is 7. The van der Waals surface area contributed by atoms with Gasteiger partial charge in [-0.05, 0) is 37.0 Å². The predicted molar refractivity (Wildman–Crippen MR) is 114 cm³/mol. The van der Waals surface area contributed by atoms with Crippen molar-refractivity contribution >= 4 is 17.5 Å². The molecule has 3 aromatic rings. The van der Waals surface area contributed by atoms with E-state index in [2.05, 4.69) is 78.4 Å². The van der Waals surface area contributed by atoms with Gasteiger partial charge in [-0.2, -0.15) is 4.98 Å². The van der Waals surface area contributed by atoms with Gasteiger partial charge in [0.2, 0.25) is 5.95 Å². The van der Waals surface area contributed by atoms with E-state index in [0.717, 1.165) is 30.3 Å². The van der Waals surface area contributed by atoms with Crippen molar-refractivity contribution in [3.63, 3.8) is 0 Å². The maximum absolute atomic E-state index is 4.80. The van der Waals surface area contributed by atoms with E-state index in [4.69, 9.17) is 4.98 Å². The maximum Gasteiger partial charge on any atom is 0.229 e. The van der Waals surface area contributed by atoms with E-state index in [1.165, 1.54) is 11.1 Å². The van der Waals surface area contributed by atoms with Gasteiger partial charge in [0.15, 0.2) is 0 Å². The summed E-state index contributed by atoms with van der Waals surface area (Å²) in [5.74, 6) is 2.02. The van der Waals surface area contributed by atoms with Crippen LogP contribution in [0.5, 0.6) is 0 Å². The van der Waals surface area contributed by atoms with E-state index in [1.807, 2.05) is 25.1 Å². The molecule has 0 spiro atoms. The zero-order valence-electron chi connectivity index (χ0n) is 16.6. The average molecular weight is 361 g/mol. The normalized spacial score (nSPS) is 10.9. The summed E-state index contributed by atoms with van der Waals surface area (Å²) in [6, 6.07) is 20.9. The number of hydrogen-bond acceptors (Lipinski definition) is 4. The standard InChI is InChI=1S/C23H28N4/c1-5-27(16-19-11-7-6-8-12-19)22-15-18(4)24-23(26-22)25-21-14-10-9-13-20(21)17(2)3/h6-15,17H,5,16H2,1-4H3,(H,24,25,26). The Labute approximate surface area is 162 Å². The van der Waals surface area contributed by atoms with Crippen molar-refractivity contribution in [2.45, 2.75) is 40.2 Å². The van der Waals surface area contributed by atoms with Crippen LogP contribution in [0.4, 0.5) is 17.5 Å². The fourth-order valence-corrected chi connectivity index (χ4v) is 3.16. The quantitative estimate of drug-likeness (QED) is 0.588. The monoisotopic (exact) mass is 360 g/mol. The maximum atomic E-state index is 4.80. The van der Waals surface area contributed by atoms with Gasteiger partial charge in [-0.25, -0.2) is 4.98 Å². The minimum absolute atomic E-state index is 0.434. The predicted octanol–water partition coefficient (Wildman–Crippen LogP) is 5.68. The first-order valence-corrected chi connectivity index (χ1v) is 9.57. The first-order chi connectivity index (χ1) is 13.1. The zero-order chi connectivity index (χ0) is 19.2. The summed E-state index contributed by atoms with van der Waals surface area (Å²) in [5.41, 5.74) is 4.56. The smallest absolute Gasteiger partial charge is 0.229 e. The van der Waals surface area contributed by atoms with Crippen LogP contribution in [0, 0.1) is 6.92 Å². The van der Waals surface area contributed by atoms with Gasteiger partial charge in [-0.1, -0.05) is 62.4 Å². The number of benzene rings is 2. The van der Waals surface area contributed by atoms with Crippen LogP contribution in [0.1, 0.15) is 43.5 Å². The third-order valence-corrected chi connectivity index (χ3v) is 4.59. The second-order valence-corrected chi connectivity index (χ2v) is 7.06. The zero-order valence-corrected chi connectivity index (χ0v) is 16.6. The van der Waals surface area contributed by atoms with Crippen LogP contribution in [-0.2, 0) is 6.54 Å². The Morgan fingerprint density at radius 2 is 1.67 bits per heavy atom. The van der Waals surface area contributed by atoms with Crippen LogP contribution in [0.15, 0.2) is 60.7 Å². The van der Waals surface area contributed by atoms with Gasteiger partial charge in [-0.3, -0.25) is 0 Å². The Kier molecular flexibility index (Phi) is 6.07. The van der Waals surface area contributed by atoms with Gasteiger partial charge in [0.1, 0.15) is 5.82 Å². The number of nitrogens with one attached hydrogen (secondary N) is 1. The second-order valence-electron chi connectivity index (χ2n) is 7.06. The van der Waals surface area contributed by atoms with Crippen LogP contribution >= 0.6 is 0 Å². The molecule has 0 bridgehead atoms. The van der Waals surface area contributed by atoms with Crippen LogP contribution < -0.4 is 10.2 Å². The summed E-state index contributed by atoms with van der Waals surface area (Å²) in [6.45, 7) is 10.3. The van der Waals surface area contributed by atoms with E-state index < -0.39 is 0 Å². The van der Waals surface area contributed by atoms with Crippen LogP contribution in [-0.4, -0.2) is 16.5 Å². The summed E-state index contributed by atoms with van der Waals surface area (Å²) in [7, 11) is 0. The van der Waals surface area contributed by atoms with Gasteiger partial charge in [0.25, 0.3) is 0 Å². The van der Waals surface area contributed by atoms with Crippen molar-refractivity contribution in [3.05, 3.63) is 77.5 Å². The third-order valence-electron chi connectivity index (χ3n) is 4.59. The van der Waals surface area contributed by atoms with Crippen LogP contribution in [0.3, 0.4) is 0 Å². The number of nitrogens with zero attached hydrogens (tertiary/aromatic N) is 3. The number of anilines is 3. The van der Waals surface area contributed by atoms with Crippen molar-refractivity contribution in [1.82, 2.24) is 9.97 Å². The highest BCUT2D eigenvalue weighted by Gasteiger charge is 2.12. The van der Waals surface area contributed by atoms with Gasteiger partial charge < -0.3 is 10.2 Å². The summed E-state index contributed by atoms with van der Waals surface area (Å²) in [5, 5.41) is 3.43. The van der Waals surface area contributed by atoms with Crippen molar-refractivity contribution < 1.29 is 0 Å². The molecule has 0 saturated heterocycles. The Balaban J connectivity index is 1.88. The Morgan fingerprint density at radius 3 is 2.37 bits per heavy atom. The lowest BCUT2D eigenvalue weighted by Gasteiger charge is -2.23. The summed E-state index contributed by atoms with van der Waals surface area (Å²) in [6.07, 6.45) is 0. The van der Waals surface area contributed by atoms with E-state index >= 15 is 0 Å². The minimum atomic E-state index is 0.434. The molecule has 0 unspecified atom stereocenters. The molecule has 140 valence electrons. The number of hydrogen-bond donors (Lipinski definition) is 1. The fourth-order valence-electron chi connectivity index (χ4n) is 3.16. The van der Waals surface area contributed by atoms with Crippen molar-refractivity contribution in [2.24, 2.45) is 0 Å². The lowest BCUT2D eigenvalue weighted by atomic mass is 10.0. The molecule has 4 heteroatoms. The highest BCUT2D eigenvalue weighted by molar-refractivity contribution is 5.60. The molecule has 0 aliphatic carbocycles. The molecule has 0 atom stereocenters. The lowest BCUT2D eigenvalue weighted by molar-refractivity contribution is 0.809. The summed E-state index contributed by atoms with van der Waals surface area (Å²) in [4.78, 5) is 11.7.